The highest BCUT2D eigenvalue weighted by Gasteiger charge is 2.15. The average Bonchev–Trinajstić information content (AvgIpc) is 2.88. The molecule has 5 heteroatoms. The van der Waals surface area contributed by atoms with E-state index in [4.69, 9.17) is 4.52 Å². The smallest absolute Gasteiger partial charge is 0.228 e. The summed E-state index contributed by atoms with van der Waals surface area (Å²) < 4.78 is 5.35. The van der Waals surface area contributed by atoms with Crippen LogP contribution >= 0.6 is 0 Å². The van der Waals surface area contributed by atoms with Crippen LogP contribution in [0.5, 0.6) is 0 Å². The third-order valence-corrected chi connectivity index (χ3v) is 3.06. The maximum absolute atomic E-state index is 5.35. The van der Waals surface area contributed by atoms with Gasteiger partial charge in [-0.2, -0.15) is 4.98 Å². The molecule has 0 radical (unpaired) electrons. The van der Waals surface area contributed by atoms with Gasteiger partial charge in [0.1, 0.15) is 0 Å². The monoisotopic (exact) mass is 274 g/mol. The summed E-state index contributed by atoms with van der Waals surface area (Å²) in [5.74, 6) is 1.92. The molecule has 0 aliphatic carbocycles. The highest BCUT2D eigenvalue weighted by molar-refractivity contribution is 5.51. The van der Waals surface area contributed by atoms with Gasteiger partial charge in [0.25, 0.3) is 0 Å². The molecule has 5 nitrogen and oxygen atoms in total. The summed E-state index contributed by atoms with van der Waals surface area (Å²) in [7, 11) is 0. The Hall–Kier alpha value is -1.75. The molecule has 0 fully saturated rings. The third-order valence-electron chi connectivity index (χ3n) is 3.06. The van der Waals surface area contributed by atoms with Crippen molar-refractivity contribution in [2.24, 2.45) is 5.92 Å². The molecule has 0 aromatic carbocycles. The highest BCUT2D eigenvalue weighted by Crippen LogP contribution is 2.16. The van der Waals surface area contributed by atoms with Gasteiger partial charge in [0.2, 0.25) is 11.7 Å². The molecule has 1 unspecified atom stereocenters. The minimum atomic E-state index is 0.377. The molecule has 0 amide bonds. The van der Waals surface area contributed by atoms with Crippen molar-refractivity contribution in [3.63, 3.8) is 0 Å². The minimum absolute atomic E-state index is 0.377. The molecule has 0 spiro atoms. The number of hydrogen-bond donors (Lipinski definition) is 1. The van der Waals surface area contributed by atoms with Crippen LogP contribution in [0.1, 0.15) is 33.1 Å². The number of pyridine rings is 1. The summed E-state index contributed by atoms with van der Waals surface area (Å²) in [6.07, 6.45) is 5.33. The van der Waals surface area contributed by atoms with E-state index in [2.05, 4.69) is 41.2 Å². The molecule has 0 aliphatic rings. The normalized spacial score (nSPS) is 12.8. The zero-order chi connectivity index (χ0) is 14.4. The fraction of sp³-hybridized carbons (Fsp3) is 0.533. The van der Waals surface area contributed by atoms with Crippen LogP contribution in [-0.2, 0) is 6.42 Å². The summed E-state index contributed by atoms with van der Waals surface area (Å²) in [4.78, 5) is 8.52. The van der Waals surface area contributed by atoms with Gasteiger partial charge in [0.15, 0.2) is 0 Å². The molecule has 0 bridgehead atoms. The second kappa shape index (κ2) is 7.14. The second-order valence-electron chi connectivity index (χ2n) is 5.34. The summed E-state index contributed by atoms with van der Waals surface area (Å²) in [5, 5.41) is 7.50. The van der Waals surface area contributed by atoms with Crippen molar-refractivity contribution in [3.8, 4) is 11.4 Å². The Morgan fingerprint density at radius 1 is 1.35 bits per heavy atom. The first-order valence-electron chi connectivity index (χ1n) is 7.15. The van der Waals surface area contributed by atoms with E-state index in [1.807, 2.05) is 12.1 Å². The quantitative estimate of drug-likeness (QED) is 0.841. The number of nitrogens with one attached hydrogen (secondary N) is 1. The SMILES string of the molecule is CCNC(Cc1nc(-c2cccnc2)no1)CC(C)C. The predicted molar refractivity (Wildman–Crippen MR) is 78.2 cm³/mol. The standard InChI is InChI=1S/C15H22N4O/c1-4-17-13(8-11(2)3)9-14-18-15(19-20-14)12-6-5-7-16-10-12/h5-7,10-11,13,17H,4,8-9H2,1-3H3. The maximum atomic E-state index is 5.35. The molecule has 2 heterocycles. The number of hydrogen-bond acceptors (Lipinski definition) is 5. The third kappa shape index (κ3) is 4.13. The lowest BCUT2D eigenvalue weighted by atomic mass is 10.0. The number of likely N-dealkylation sites (N-methyl/N-ethyl adjacent to an activating group) is 1. The van der Waals surface area contributed by atoms with Gasteiger partial charge in [-0.15, -0.1) is 0 Å². The molecule has 2 aromatic heterocycles. The van der Waals surface area contributed by atoms with E-state index in [0.29, 0.717) is 23.7 Å². The van der Waals surface area contributed by atoms with Crippen molar-refractivity contribution in [3.05, 3.63) is 30.4 Å². The molecule has 0 saturated heterocycles. The molecule has 1 atom stereocenters. The van der Waals surface area contributed by atoms with Gasteiger partial charge >= 0.3 is 0 Å². The minimum Gasteiger partial charge on any atom is -0.339 e. The summed E-state index contributed by atoms with van der Waals surface area (Å²) in [6.45, 7) is 7.50. The summed E-state index contributed by atoms with van der Waals surface area (Å²) in [6, 6.07) is 4.17. The van der Waals surface area contributed by atoms with Crippen molar-refractivity contribution >= 4 is 0 Å². The van der Waals surface area contributed by atoms with Crippen LogP contribution in [-0.4, -0.2) is 27.7 Å². The van der Waals surface area contributed by atoms with Crippen LogP contribution in [0.4, 0.5) is 0 Å². The molecular weight excluding hydrogens is 252 g/mol. The number of aromatic nitrogens is 3. The Balaban J connectivity index is 2.04. The Labute approximate surface area is 119 Å². The zero-order valence-electron chi connectivity index (χ0n) is 12.3. The van der Waals surface area contributed by atoms with E-state index >= 15 is 0 Å². The van der Waals surface area contributed by atoms with Crippen LogP contribution in [0.3, 0.4) is 0 Å². The molecule has 0 aliphatic heterocycles. The van der Waals surface area contributed by atoms with Crippen molar-refractivity contribution in [1.82, 2.24) is 20.4 Å². The van der Waals surface area contributed by atoms with Crippen molar-refractivity contribution in [1.29, 1.82) is 0 Å². The van der Waals surface area contributed by atoms with Gasteiger partial charge in [-0.05, 0) is 31.0 Å². The molecule has 0 saturated carbocycles. The molecule has 2 aromatic rings. The Morgan fingerprint density at radius 2 is 2.20 bits per heavy atom. The molecule has 2 rings (SSSR count). The lowest BCUT2D eigenvalue weighted by Gasteiger charge is -2.17. The van der Waals surface area contributed by atoms with Crippen LogP contribution in [0.15, 0.2) is 29.0 Å². The first-order valence-corrected chi connectivity index (χ1v) is 7.15. The Morgan fingerprint density at radius 3 is 2.85 bits per heavy atom. The van der Waals surface area contributed by atoms with Gasteiger partial charge in [0.05, 0.1) is 0 Å². The first kappa shape index (κ1) is 14.7. The lowest BCUT2D eigenvalue weighted by molar-refractivity contribution is 0.340. The summed E-state index contributed by atoms with van der Waals surface area (Å²) in [5.41, 5.74) is 0.881. The second-order valence-corrected chi connectivity index (χ2v) is 5.34. The molecular formula is C15H22N4O. The van der Waals surface area contributed by atoms with Crippen molar-refractivity contribution in [2.75, 3.05) is 6.54 Å². The topological polar surface area (TPSA) is 63.8 Å². The number of rotatable bonds is 7. The van der Waals surface area contributed by atoms with E-state index in [-0.39, 0.29) is 0 Å². The zero-order valence-corrected chi connectivity index (χ0v) is 12.3. The maximum Gasteiger partial charge on any atom is 0.228 e. The highest BCUT2D eigenvalue weighted by atomic mass is 16.5. The number of nitrogens with zero attached hydrogens (tertiary/aromatic N) is 3. The van der Waals surface area contributed by atoms with Crippen LogP contribution in [0.25, 0.3) is 11.4 Å². The van der Waals surface area contributed by atoms with Gasteiger partial charge in [-0.3, -0.25) is 4.98 Å². The Kier molecular flexibility index (Phi) is 5.24. The predicted octanol–water partition coefficient (Wildman–Crippen LogP) is 2.70. The van der Waals surface area contributed by atoms with E-state index in [1.54, 1.807) is 12.4 Å². The van der Waals surface area contributed by atoms with Gasteiger partial charge < -0.3 is 9.84 Å². The van der Waals surface area contributed by atoms with E-state index in [1.165, 1.54) is 0 Å². The molecule has 108 valence electrons. The van der Waals surface area contributed by atoms with Crippen LogP contribution in [0.2, 0.25) is 0 Å². The van der Waals surface area contributed by atoms with Gasteiger partial charge in [-0.1, -0.05) is 25.9 Å². The summed E-state index contributed by atoms with van der Waals surface area (Å²) >= 11 is 0. The van der Waals surface area contributed by atoms with Crippen molar-refractivity contribution in [2.45, 2.75) is 39.7 Å². The van der Waals surface area contributed by atoms with E-state index in [9.17, 15) is 0 Å². The van der Waals surface area contributed by atoms with Crippen LogP contribution in [0, 0.1) is 5.92 Å². The van der Waals surface area contributed by atoms with Gasteiger partial charge in [-0.25, -0.2) is 0 Å². The fourth-order valence-corrected chi connectivity index (χ4v) is 2.26. The Bertz CT molecular complexity index is 510. The van der Waals surface area contributed by atoms with Gasteiger partial charge in [0, 0.05) is 30.4 Å². The van der Waals surface area contributed by atoms with E-state index in [0.717, 1.165) is 24.9 Å². The largest absolute Gasteiger partial charge is 0.339 e. The molecule has 1 N–H and O–H groups in total. The van der Waals surface area contributed by atoms with Crippen LogP contribution < -0.4 is 5.32 Å². The average molecular weight is 274 g/mol. The fourth-order valence-electron chi connectivity index (χ4n) is 2.26. The first-order chi connectivity index (χ1) is 9.69. The van der Waals surface area contributed by atoms with Crippen molar-refractivity contribution < 1.29 is 4.52 Å². The molecule has 20 heavy (non-hydrogen) atoms. The lowest BCUT2D eigenvalue weighted by Crippen LogP contribution is -2.32. The van der Waals surface area contributed by atoms with E-state index < -0.39 is 0 Å².